The second-order valence-corrected chi connectivity index (χ2v) is 5.21. The number of anilines is 1. The lowest BCUT2D eigenvalue weighted by atomic mass is 9.86. The molecule has 0 aliphatic carbocycles. The summed E-state index contributed by atoms with van der Waals surface area (Å²) in [5.41, 5.74) is 9.03. The SMILES string of the molecule is CNCCC#Cc1cc(C(C)(C)C)ccc1N. The molecule has 0 heterocycles. The molecular weight excluding hydrogens is 208 g/mol. The third kappa shape index (κ3) is 4.13. The van der Waals surface area contributed by atoms with Crippen molar-refractivity contribution in [1.82, 2.24) is 5.32 Å². The van der Waals surface area contributed by atoms with Crippen LogP contribution >= 0.6 is 0 Å². The van der Waals surface area contributed by atoms with E-state index in [0.717, 1.165) is 24.2 Å². The van der Waals surface area contributed by atoms with Crippen molar-refractivity contribution in [3.63, 3.8) is 0 Å². The zero-order valence-electron chi connectivity index (χ0n) is 11.2. The lowest BCUT2D eigenvalue weighted by Gasteiger charge is -2.19. The van der Waals surface area contributed by atoms with Gasteiger partial charge in [-0.3, -0.25) is 0 Å². The van der Waals surface area contributed by atoms with E-state index in [1.807, 2.05) is 13.1 Å². The number of nitrogen functional groups attached to an aromatic ring is 1. The Morgan fingerprint density at radius 3 is 2.59 bits per heavy atom. The Labute approximate surface area is 105 Å². The smallest absolute Gasteiger partial charge is 0.0477 e. The number of hydrogen-bond donors (Lipinski definition) is 2. The number of nitrogens with two attached hydrogens (primary N) is 1. The molecule has 0 saturated carbocycles. The first-order valence-electron chi connectivity index (χ1n) is 5.98. The average molecular weight is 230 g/mol. The Bertz CT molecular complexity index is 430. The molecule has 2 heteroatoms. The maximum absolute atomic E-state index is 5.93. The predicted octanol–water partition coefficient (Wildman–Crippen LogP) is 2.53. The fraction of sp³-hybridized carbons (Fsp3) is 0.467. The van der Waals surface area contributed by atoms with E-state index < -0.39 is 0 Å². The molecule has 2 nitrogen and oxygen atoms in total. The highest BCUT2D eigenvalue weighted by atomic mass is 14.8. The van der Waals surface area contributed by atoms with E-state index in [4.69, 9.17) is 5.73 Å². The molecule has 1 aromatic carbocycles. The third-order valence-electron chi connectivity index (χ3n) is 2.64. The van der Waals surface area contributed by atoms with Crippen LogP contribution in [0.2, 0.25) is 0 Å². The van der Waals surface area contributed by atoms with E-state index in [1.165, 1.54) is 5.56 Å². The summed E-state index contributed by atoms with van der Waals surface area (Å²) in [4.78, 5) is 0. The summed E-state index contributed by atoms with van der Waals surface area (Å²) >= 11 is 0. The molecule has 0 atom stereocenters. The van der Waals surface area contributed by atoms with Crippen LogP contribution in [0.15, 0.2) is 18.2 Å². The maximum Gasteiger partial charge on any atom is 0.0477 e. The van der Waals surface area contributed by atoms with Crippen molar-refractivity contribution in [1.29, 1.82) is 0 Å². The van der Waals surface area contributed by atoms with Crippen LogP contribution in [0.4, 0.5) is 5.69 Å². The van der Waals surface area contributed by atoms with Gasteiger partial charge in [-0.25, -0.2) is 0 Å². The molecule has 0 radical (unpaired) electrons. The molecule has 0 aromatic heterocycles. The van der Waals surface area contributed by atoms with E-state index in [9.17, 15) is 0 Å². The first kappa shape index (κ1) is 13.6. The Kier molecular flexibility index (Phi) is 4.60. The molecule has 1 rings (SSSR count). The lowest BCUT2D eigenvalue weighted by molar-refractivity contribution is 0.590. The van der Waals surface area contributed by atoms with Crippen LogP contribution in [0.3, 0.4) is 0 Å². The number of nitrogens with one attached hydrogen (secondary N) is 1. The summed E-state index contributed by atoms with van der Waals surface area (Å²) < 4.78 is 0. The second kappa shape index (κ2) is 5.75. The molecule has 0 spiro atoms. The van der Waals surface area contributed by atoms with Gasteiger partial charge in [-0.1, -0.05) is 38.7 Å². The van der Waals surface area contributed by atoms with Crippen LogP contribution in [0.1, 0.15) is 38.3 Å². The Morgan fingerprint density at radius 1 is 1.29 bits per heavy atom. The monoisotopic (exact) mass is 230 g/mol. The normalized spacial score (nSPS) is 10.8. The molecule has 0 fully saturated rings. The summed E-state index contributed by atoms with van der Waals surface area (Å²) in [6.45, 7) is 7.48. The topological polar surface area (TPSA) is 38.0 Å². The van der Waals surface area contributed by atoms with E-state index in [1.54, 1.807) is 0 Å². The number of benzene rings is 1. The molecular formula is C15H22N2. The Morgan fingerprint density at radius 2 is 2.00 bits per heavy atom. The second-order valence-electron chi connectivity index (χ2n) is 5.21. The van der Waals surface area contributed by atoms with E-state index in [2.05, 4.69) is 50.1 Å². The Hall–Kier alpha value is -1.46. The first-order chi connectivity index (χ1) is 7.95. The molecule has 0 saturated heterocycles. The van der Waals surface area contributed by atoms with Crippen LogP contribution in [0.5, 0.6) is 0 Å². The zero-order valence-corrected chi connectivity index (χ0v) is 11.2. The summed E-state index contributed by atoms with van der Waals surface area (Å²) in [5.74, 6) is 6.27. The highest BCUT2D eigenvalue weighted by Gasteiger charge is 2.14. The minimum Gasteiger partial charge on any atom is -0.398 e. The van der Waals surface area contributed by atoms with Crippen LogP contribution in [0, 0.1) is 11.8 Å². The lowest BCUT2D eigenvalue weighted by Crippen LogP contribution is -2.11. The van der Waals surface area contributed by atoms with Crippen molar-refractivity contribution in [2.24, 2.45) is 0 Å². The van der Waals surface area contributed by atoms with Gasteiger partial charge in [0.2, 0.25) is 0 Å². The standard InChI is InChI=1S/C15H22N2/c1-15(2,3)13-8-9-14(16)12(11-13)7-5-6-10-17-4/h8-9,11,17H,6,10,16H2,1-4H3. The molecule has 3 N–H and O–H groups in total. The van der Waals surface area contributed by atoms with E-state index in [0.29, 0.717) is 0 Å². The van der Waals surface area contributed by atoms with Crippen LogP contribution in [-0.2, 0) is 5.41 Å². The van der Waals surface area contributed by atoms with Crippen molar-refractivity contribution < 1.29 is 0 Å². The molecule has 0 unspecified atom stereocenters. The summed E-state index contributed by atoms with van der Waals surface area (Å²) in [5, 5.41) is 3.07. The molecule has 0 aliphatic rings. The molecule has 0 aliphatic heterocycles. The summed E-state index contributed by atoms with van der Waals surface area (Å²) in [6.07, 6.45) is 0.843. The average Bonchev–Trinajstić information content (AvgIpc) is 2.25. The highest BCUT2D eigenvalue weighted by Crippen LogP contribution is 2.25. The van der Waals surface area contributed by atoms with Crippen molar-refractivity contribution >= 4 is 5.69 Å². The third-order valence-corrected chi connectivity index (χ3v) is 2.64. The van der Waals surface area contributed by atoms with E-state index >= 15 is 0 Å². The largest absolute Gasteiger partial charge is 0.398 e. The molecule has 17 heavy (non-hydrogen) atoms. The predicted molar refractivity (Wildman–Crippen MR) is 75.0 cm³/mol. The van der Waals surface area contributed by atoms with Gasteiger partial charge >= 0.3 is 0 Å². The highest BCUT2D eigenvalue weighted by molar-refractivity contribution is 5.57. The van der Waals surface area contributed by atoms with Gasteiger partial charge in [0, 0.05) is 24.2 Å². The molecule has 0 amide bonds. The fourth-order valence-electron chi connectivity index (χ4n) is 1.48. The minimum absolute atomic E-state index is 0.134. The quantitative estimate of drug-likeness (QED) is 0.465. The first-order valence-corrected chi connectivity index (χ1v) is 5.98. The summed E-state index contributed by atoms with van der Waals surface area (Å²) in [6, 6.07) is 6.12. The molecule has 1 aromatic rings. The van der Waals surface area contributed by atoms with Crippen LogP contribution in [0.25, 0.3) is 0 Å². The Balaban J connectivity index is 2.94. The van der Waals surface area contributed by atoms with Gasteiger partial charge in [0.15, 0.2) is 0 Å². The molecule has 92 valence electrons. The van der Waals surface area contributed by atoms with Gasteiger partial charge in [0.05, 0.1) is 0 Å². The number of rotatable bonds is 2. The summed E-state index contributed by atoms with van der Waals surface area (Å²) in [7, 11) is 1.93. The number of hydrogen-bond acceptors (Lipinski definition) is 2. The van der Waals surface area contributed by atoms with Gasteiger partial charge in [-0.05, 0) is 30.2 Å². The van der Waals surface area contributed by atoms with Gasteiger partial charge in [0.25, 0.3) is 0 Å². The van der Waals surface area contributed by atoms with Crippen molar-refractivity contribution in [2.45, 2.75) is 32.6 Å². The fourth-order valence-corrected chi connectivity index (χ4v) is 1.48. The van der Waals surface area contributed by atoms with E-state index in [-0.39, 0.29) is 5.41 Å². The maximum atomic E-state index is 5.93. The van der Waals surface area contributed by atoms with Gasteiger partial charge in [0.1, 0.15) is 0 Å². The van der Waals surface area contributed by atoms with Gasteiger partial charge in [-0.2, -0.15) is 0 Å². The van der Waals surface area contributed by atoms with Crippen molar-refractivity contribution in [2.75, 3.05) is 19.3 Å². The minimum atomic E-state index is 0.134. The van der Waals surface area contributed by atoms with Crippen LogP contribution < -0.4 is 11.1 Å². The van der Waals surface area contributed by atoms with Crippen molar-refractivity contribution in [3.05, 3.63) is 29.3 Å². The van der Waals surface area contributed by atoms with Crippen molar-refractivity contribution in [3.8, 4) is 11.8 Å². The zero-order chi connectivity index (χ0) is 12.9. The van der Waals surface area contributed by atoms with Gasteiger partial charge < -0.3 is 11.1 Å². The van der Waals surface area contributed by atoms with Crippen LogP contribution in [-0.4, -0.2) is 13.6 Å². The van der Waals surface area contributed by atoms with Gasteiger partial charge in [-0.15, -0.1) is 0 Å². The molecule has 0 bridgehead atoms.